The number of nitrogens with one attached hydrogen (secondary N) is 1. The molecule has 1 aromatic heterocycles. The number of hydrogen-bond acceptors (Lipinski definition) is 3. The molecule has 1 aliphatic rings. The molecule has 1 saturated carbocycles. The Morgan fingerprint density at radius 3 is 2.39 bits per heavy atom. The molecule has 4 nitrogen and oxygen atoms in total. The zero-order chi connectivity index (χ0) is 19.9. The van der Waals surface area contributed by atoms with Gasteiger partial charge in [0.05, 0.1) is 10.6 Å². The summed E-state index contributed by atoms with van der Waals surface area (Å²) in [6, 6.07) is 11.2. The molecule has 0 atom stereocenters. The lowest BCUT2D eigenvalue weighted by Gasteiger charge is -2.09. The Labute approximate surface area is 163 Å². The van der Waals surface area contributed by atoms with Crippen molar-refractivity contribution in [2.24, 2.45) is 0 Å². The molecule has 0 spiro atoms. The Kier molecular flexibility index (Phi) is 4.63. The summed E-state index contributed by atoms with van der Waals surface area (Å²) in [6.45, 7) is 0. The lowest BCUT2D eigenvalue weighted by atomic mass is 10.0. The van der Waals surface area contributed by atoms with Crippen LogP contribution in [0.2, 0.25) is 5.02 Å². The molecule has 2 aromatic carbocycles. The molecule has 8 heteroatoms. The highest BCUT2D eigenvalue weighted by atomic mass is 35.5. The van der Waals surface area contributed by atoms with E-state index >= 15 is 0 Å². The molecule has 1 heterocycles. The molecular weight excluding hydrogens is 393 g/mol. The van der Waals surface area contributed by atoms with Crippen LogP contribution in [0.1, 0.15) is 40.4 Å². The third-order valence-corrected chi connectivity index (χ3v) is 4.83. The van der Waals surface area contributed by atoms with Crippen molar-refractivity contribution in [3.05, 3.63) is 70.4 Å². The fraction of sp³-hybridized carbons (Fsp3) is 0.200. The maximum absolute atomic E-state index is 12.9. The molecule has 0 unspecified atom stereocenters. The molecule has 3 aromatic rings. The van der Waals surface area contributed by atoms with Crippen LogP contribution >= 0.6 is 11.6 Å². The third-order valence-electron chi connectivity index (χ3n) is 4.50. The van der Waals surface area contributed by atoms with Gasteiger partial charge in [-0.2, -0.15) is 13.2 Å². The molecule has 1 aliphatic carbocycles. The molecule has 1 fully saturated rings. The van der Waals surface area contributed by atoms with Gasteiger partial charge in [0.25, 0.3) is 5.91 Å². The number of alkyl halides is 3. The molecule has 1 amide bonds. The summed E-state index contributed by atoms with van der Waals surface area (Å²) in [5.41, 5.74) is 0.785. The molecule has 0 saturated heterocycles. The van der Waals surface area contributed by atoms with E-state index in [0.29, 0.717) is 16.3 Å². The normalized spacial score (nSPS) is 14.1. The van der Waals surface area contributed by atoms with Gasteiger partial charge in [-0.25, -0.2) is 0 Å². The molecule has 0 aliphatic heterocycles. The van der Waals surface area contributed by atoms with E-state index in [1.165, 1.54) is 12.1 Å². The van der Waals surface area contributed by atoms with Gasteiger partial charge in [-0.15, -0.1) is 0 Å². The largest absolute Gasteiger partial charge is 0.416 e. The maximum atomic E-state index is 12.9. The summed E-state index contributed by atoms with van der Waals surface area (Å²) in [7, 11) is 0. The van der Waals surface area contributed by atoms with Crippen LogP contribution in [-0.2, 0) is 6.18 Å². The summed E-state index contributed by atoms with van der Waals surface area (Å²) >= 11 is 6.23. The van der Waals surface area contributed by atoms with Crippen molar-refractivity contribution >= 4 is 23.2 Å². The molecule has 0 bridgehead atoms. The highest BCUT2D eigenvalue weighted by molar-refractivity contribution is 6.33. The first-order valence-corrected chi connectivity index (χ1v) is 8.95. The van der Waals surface area contributed by atoms with Gasteiger partial charge in [-0.05, 0) is 49.2 Å². The number of carbonyl (C=O) groups excluding carboxylic acids is 1. The van der Waals surface area contributed by atoms with E-state index in [2.05, 4.69) is 10.5 Å². The van der Waals surface area contributed by atoms with E-state index in [-0.39, 0.29) is 22.9 Å². The fourth-order valence-corrected chi connectivity index (χ4v) is 3.14. The van der Waals surface area contributed by atoms with Crippen LogP contribution in [0, 0.1) is 0 Å². The SMILES string of the molecule is O=C(Nc1ccc(C(F)(F)F)cc1)c1c(C2CC2)noc1-c1ccccc1Cl. The quantitative estimate of drug-likeness (QED) is 0.566. The summed E-state index contributed by atoms with van der Waals surface area (Å²) in [6.07, 6.45) is -2.64. The molecular formula is C20H14ClF3N2O2. The van der Waals surface area contributed by atoms with Gasteiger partial charge in [0.1, 0.15) is 11.3 Å². The van der Waals surface area contributed by atoms with Crippen LogP contribution in [0.4, 0.5) is 18.9 Å². The average molecular weight is 407 g/mol. The number of anilines is 1. The van der Waals surface area contributed by atoms with Gasteiger partial charge < -0.3 is 9.84 Å². The minimum absolute atomic E-state index is 0.133. The van der Waals surface area contributed by atoms with Crippen LogP contribution in [0.3, 0.4) is 0 Å². The lowest BCUT2D eigenvalue weighted by Crippen LogP contribution is -2.14. The van der Waals surface area contributed by atoms with Crippen LogP contribution in [0.5, 0.6) is 0 Å². The van der Waals surface area contributed by atoms with Gasteiger partial charge in [0.2, 0.25) is 0 Å². The minimum atomic E-state index is -4.44. The number of aromatic nitrogens is 1. The van der Waals surface area contributed by atoms with E-state index in [4.69, 9.17) is 16.1 Å². The highest BCUT2D eigenvalue weighted by Gasteiger charge is 2.35. The second-order valence-electron chi connectivity index (χ2n) is 6.56. The summed E-state index contributed by atoms with van der Waals surface area (Å²) in [5, 5.41) is 7.09. The van der Waals surface area contributed by atoms with E-state index in [9.17, 15) is 18.0 Å². The lowest BCUT2D eigenvalue weighted by molar-refractivity contribution is -0.137. The predicted molar refractivity (Wildman–Crippen MR) is 98.3 cm³/mol. The van der Waals surface area contributed by atoms with Crippen molar-refractivity contribution in [1.29, 1.82) is 0 Å². The minimum Gasteiger partial charge on any atom is -0.355 e. The average Bonchev–Trinajstić information content (AvgIpc) is 3.40. The van der Waals surface area contributed by atoms with Crippen LogP contribution < -0.4 is 5.32 Å². The Morgan fingerprint density at radius 2 is 1.79 bits per heavy atom. The van der Waals surface area contributed by atoms with Crippen molar-refractivity contribution < 1.29 is 22.5 Å². The van der Waals surface area contributed by atoms with Gasteiger partial charge in [0.15, 0.2) is 5.76 Å². The third kappa shape index (κ3) is 3.62. The summed E-state index contributed by atoms with van der Waals surface area (Å²) in [5.74, 6) is -0.122. The monoisotopic (exact) mass is 406 g/mol. The molecule has 1 N–H and O–H groups in total. The fourth-order valence-electron chi connectivity index (χ4n) is 2.92. The molecule has 4 rings (SSSR count). The number of hydrogen-bond donors (Lipinski definition) is 1. The second kappa shape index (κ2) is 6.98. The Bertz CT molecular complexity index is 1020. The first-order chi connectivity index (χ1) is 13.3. The molecule has 0 radical (unpaired) electrons. The topological polar surface area (TPSA) is 55.1 Å². The standard InChI is InChI=1S/C20H14ClF3N2O2/c21-15-4-2-1-3-14(15)18-16(17(26-28-18)11-5-6-11)19(27)25-13-9-7-12(8-10-13)20(22,23)24/h1-4,7-11H,5-6H2,(H,25,27). The van der Waals surface area contributed by atoms with Crippen molar-refractivity contribution in [1.82, 2.24) is 5.16 Å². The van der Waals surface area contributed by atoms with E-state index in [1.54, 1.807) is 24.3 Å². The number of halogens is 4. The second-order valence-corrected chi connectivity index (χ2v) is 6.96. The zero-order valence-electron chi connectivity index (χ0n) is 14.4. The predicted octanol–water partition coefficient (Wildman–Crippen LogP) is 6.14. The summed E-state index contributed by atoms with van der Waals surface area (Å²) < 4.78 is 43.6. The Morgan fingerprint density at radius 1 is 1.11 bits per heavy atom. The van der Waals surface area contributed by atoms with Crippen molar-refractivity contribution in [3.63, 3.8) is 0 Å². The van der Waals surface area contributed by atoms with Crippen LogP contribution in [0.15, 0.2) is 53.1 Å². The number of benzene rings is 2. The Hall–Kier alpha value is -2.80. The highest BCUT2D eigenvalue weighted by Crippen LogP contribution is 2.44. The Balaban J connectivity index is 1.67. The van der Waals surface area contributed by atoms with E-state index in [1.807, 2.05) is 0 Å². The zero-order valence-corrected chi connectivity index (χ0v) is 15.1. The maximum Gasteiger partial charge on any atom is 0.416 e. The number of carbonyl (C=O) groups is 1. The van der Waals surface area contributed by atoms with E-state index < -0.39 is 17.6 Å². The van der Waals surface area contributed by atoms with E-state index in [0.717, 1.165) is 25.0 Å². The first kappa shape index (κ1) is 18.6. The van der Waals surface area contributed by atoms with Crippen molar-refractivity contribution in [2.45, 2.75) is 24.9 Å². The number of rotatable bonds is 4. The first-order valence-electron chi connectivity index (χ1n) is 8.57. The van der Waals surface area contributed by atoms with Gasteiger partial charge >= 0.3 is 6.18 Å². The smallest absolute Gasteiger partial charge is 0.355 e. The van der Waals surface area contributed by atoms with Crippen LogP contribution in [-0.4, -0.2) is 11.1 Å². The van der Waals surface area contributed by atoms with Gasteiger partial charge in [-0.3, -0.25) is 4.79 Å². The number of nitrogens with zero attached hydrogens (tertiary/aromatic N) is 1. The number of amides is 1. The van der Waals surface area contributed by atoms with Crippen LogP contribution in [0.25, 0.3) is 11.3 Å². The van der Waals surface area contributed by atoms with Gasteiger partial charge in [-0.1, -0.05) is 28.9 Å². The summed E-state index contributed by atoms with van der Waals surface area (Å²) in [4.78, 5) is 12.9. The van der Waals surface area contributed by atoms with Crippen molar-refractivity contribution in [3.8, 4) is 11.3 Å². The van der Waals surface area contributed by atoms with Gasteiger partial charge in [0, 0.05) is 17.2 Å². The molecule has 144 valence electrons. The molecule has 28 heavy (non-hydrogen) atoms. The van der Waals surface area contributed by atoms with Crippen molar-refractivity contribution in [2.75, 3.05) is 5.32 Å².